The van der Waals surface area contributed by atoms with Crippen LogP contribution in [-0.4, -0.2) is 80.2 Å². The summed E-state index contributed by atoms with van der Waals surface area (Å²) in [4.78, 5) is 24.0. The van der Waals surface area contributed by atoms with Gasteiger partial charge in [0.2, 0.25) is 6.29 Å². The summed E-state index contributed by atoms with van der Waals surface area (Å²) < 4.78 is 10.1. The molecule has 6 atom stereocenters. The molecule has 168 valence electrons. The Morgan fingerprint density at radius 3 is 2.47 bits per heavy atom. The average Bonchev–Trinajstić information content (AvgIpc) is 2.64. The zero-order chi connectivity index (χ0) is 22.9. The number of carbonyl (C=O) groups is 2. The number of carbonyl (C=O) groups excluding carboxylic acids is 2. The van der Waals surface area contributed by atoms with Crippen LogP contribution in [0.5, 0.6) is 0 Å². The number of esters is 1. The summed E-state index contributed by atoms with van der Waals surface area (Å²) in [5.41, 5.74) is -1.21. The van der Waals surface area contributed by atoms with Gasteiger partial charge in [-0.05, 0) is 37.1 Å². The van der Waals surface area contributed by atoms with Gasteiger partial charge in [-0.25, -0.2) is 4.79 Å². The Morgan fingerprint density at radius 1 is 1.27 bits per heavy atom. The van der Waals surface area contributed by atoms with Crippen molar-refractivity contribution in [2.24, 2.45) is 5.41 Å². The quantitative estimate of drug-likeness (QED) is 0.222. The molecule has 0 aromatic heterocycles. The maximum atomic E-state index is 12.2. The lowest BCUT2D eigenvalue weighted by atomic mass is 9.64. The largest absolute Gasteiger partial charge is 0.430 e. The van der Waals surface area contributed by atoms with Crippen LogP contribution < -0.4 is 0 Å². The van der Waals surface area contributed by atoms with Crippen molar-refractivity contribution in [2.75, 3.05) is 6.61 Å². The molecule has 0 aromatic carbocycles. The first-order chi connectivity index (χ1) is 13.8. The van der Waals surface area contributed by atoms with Gasteiger partial charge >= 0.3 is 5.97 Å². The molecule has 9 nitrogen and oxygen atoms in total. The molecule has 30 heavy (non-hydrogen) atoms. The normalized spacial score (nSPS) is 37.2. The van der Waals surface area contributed by atoms with Gasteiger partial charge in [0.15, 0.2) is 5.78 Å². The van der Waals surface area contributed by atoms with E-state index < -0.39 is 54.3 Å². The van der Waals surface area contributed by atoms with Crippen LogP contribution >= 0.6 is 0 Å². The van der Waals surface area contributed by atoms with Crippen molar-refractivity contribution in [3.63, 3.8) is 0 Å². The van der Waals surface area contributed by atoms with E-state index in [9.17, 15) is 35.1 Å². The van der Waals surface area contributed by atoms with Gasteiger partial charge in [0.1, 0.15) is 30.0 Å². The lowest BCUT2D eigenvalue weighted by Gasteiger charge is -2.44. The maximum Gasteiger partial charge on any atom is 0.333 e. The Morgan fingerprint density at radius 2 is 1.90 bits per heavy atom. The molecule has 9 heteroatoms. The van der Waals surface area contributed by atoms with Crippen LogP contribution in [0.2, 0.25) is 0 Å². The molecule has 0 radical (unpaired) electrons. The molecular weight excluding hydrogens is 396 g/mol. The third-order valence-corrected chi connectivity index (χ3v) is 5.64. The van der Waals surface area contributed by atoms with E-state index in [1.807, 2.05) is 0 Å². The van der Waals surface area contributed by atoms with Crippen molar-refractivity contribution >= 4 is 11.8 Å². The number of ketones is 1. The molecule has 1 saturated heterocycles. The highest BCUT2D eigenvalue weighted by atomic mass is 16.7. The molecular formula is C21H30O9. The van der Waals surface area contributed by atoms with Crippen LogP contribution in [0.3, 0.4) is 0 Å². The summed E-state index contributed by atoms with van der Waals surface area (Å²) in [5.74, 6) is -0.954. The molecule has 0 unspecified atom stereocenters. The van der Waals surface area contributed by atoms with Gasteiger partial charge in [0.05, 0.1) is 6.61 Å². The zero-order valence-corrected chi connectivity index (χ0v) is 17.5. The Hall–Kier alpha value is -1.88. The van der Waals surface area contributed by atoms with Crippen LogP contribution in [0.4, 0.5) is 0 Å². The van der Waals surface area contributed by atoms with Gasteiger partial charge in [-0.2, -0.15) is 0 Å². The second-order valence-electron chi connectivity index (χ2n) is 8.48. The summed E-state index contributed by atoms with van der Waals surface area (Å²) in [6, 6.07) is 0. The number of allylic oxidation sites excluding steroid dienone is 3. The van der Waals surface area contributed by atoms with Crippen LogP contribution in [-0.2, 0) is 19.1 Å². The van der Waals surface area contributed by atoms with E-state index in [4.69, 9.17) is 9.47 Å². The van der Waals surface area contributed by atoms with Gasteiger partial charge in [0, 0.05) is 17.9 Å². The first kappa shape index (κ1) is 24.4. The lowest BCUT2D eigenvalue weighted by molar-refractivity contribution is -0.291. The topological polar surface area (TPSA) is 154 Å². The lowest BCUT2D eigenvalue weighted by Crippen LogP contribution is -2.59. The predicted octanol–water partition coefficient (Wildman–Crippen LogP) is -0.492. The Balaban J connectivity index is 2.11. The minimum absolute atomic E-state index is 0.0639. The van der Waals surface area contributed by atoms with Crippen molar-refractivity contribution in [3.8, 4) is 0 Å². The first-order valence-electron chi connectivity index (χ1n) is 9.65. The van der Waals surface area contributed by atoms with Gasteiger partial charge in [0.25, 0.3) is 0 Å². The van der Waals surface area contributed by atoms with Crippen LogP contribution in [0.25, 0.3) is 0 Å². The molecule has 1 aliphatic carbocycles. The standard InChI is InChI=1S/C21H30O9/c1-11(5-6-21(28)12(2)8-13(23)9-20(21,3)4)7-15(24)30-19-18(27)17(26)16(25)14(10-22)29-19/h5-8,14,16-19,22,25-28H,9-10H2,1-4H3/t14-,16-,17+,18-,19+,21-/m1/s1. The molecule has 0 spiro atoms. The van der Waals surface area contributed by atoms with Gasteiger partial charge < -0.3 is 35.0 Å². The highest BCUT2D eigenvalue weighted by molar-refractivity contribution is 5.92. The van der Waals surface area contributed by atoms with Crippen molar-refractivity contribution in [1.29, 1.82) is 0 Å². The van der Waals surface area contributed by atoms with E-state index in [1.165, 1.54) is 18.2 Å². The molecule has 1 aliphatic heterocycles. The average molecular weight is 426 g/mol. The fourth-order valence-corrected chi connectivity index (χ4v) is 3.66. The monoisotopic (exact) mass is 426 g/mol. The fraction of sp³-hybridized carbons (Fsp3) is 0.619. The smallest absolute Gasteiger partial charge is 0.333 e. The Bertz CT molecular complexity index is 764. The molecule has 1 fully saturated rings. The number of ether oxygens (including phenoxy) is 2. The molecule has 2 rings (SSSR count). The van der Waals surface area contributed by atoms with E-state index in [2.05, 4.69) is 0 Å². The SMILES string of the molecule is CC(C=C[C@@]1(O)C(C)=CC(=O)CC1(C)C)=CC(=O)O[C@@H]1O[C@H](CO)[C@@H](O)[C@H](O)[C@H]1O. The van der Waals surface area contributed by atoms with E-state index in [-0.39, 0.29) is 12.2 Å². The highest BCUT2D eigenvalue weighted by Crippen LogP contribution is 2.44. The zero-order valence-electron chi connectivity index (χ0n) is 17.5. The summed E-state index contributed by atoms with van der Waals surface area (Å²) >= 11 is 0. The second kappa shape index (κ2) is 9.09. The Labute approximate surface area is 174 Å². The van der Waals surface area contributed by atoms with Crippen molar-refractivity contribution in [2.45, 2.75) is 70.4 Å². The van der Waals surface area contributed by atoms with Gasteiger partial charge in [-0.3, -0.25) is 4.79 Å². The minimum Gasteiger partial charge on any atom is -0.430 e. The van der Waals surface area contributed by atoms with E-state index >= 15 is 0 Å². The molecule has 0 amide bonds. The van der Waals surface area contributed by atoms with Crippen molar-refractivity contribution < 1.29 is 44.6 Å². The fourth-order valence-electron chi connectivity index (χ4n) is 3.66. The van der Waals surface area contributed by atoms with E-state index in [1.54, 1.807) is 27.7 Å². The number of aliphatic hydroxyl groups excluding tert-OH is 4. The Kier molecular flexibility index (Phi) is 7.39. The molecule has 2 aliphatic rings. The summed E-state index contributed by atoms with van der Waals surface area (Å²) in [6.07, 6.45) is -1.95. The minimum atomic E-state index is -1.69. The van der Waals surface area contributed by atoms with Crippen molar-refractivity contribution in [1.82, 2.24) is 0 Å². The van der Waals surface area contributed by atoms with Crippen molar-refractivity contribution in [3.05, 3.63) is 35.5 Å². The molecule has 0 saturated carbocycles. The maximum absolute atomic E-state index is 12.2. The summed E-state index contributed by atoms with van der Waals surface area (Å²) in [6.45, 7) is 6.17. The number of aliphatic hydroxyl groups is 5. The first-order valence-corrected chi connectivity index (χ1v) is 9.65. The third-order valence-electron chi connectivity index (χ3n) is 5.64. The third kappa shape index (κ3) is 4.88. The van der Waals surface area contributed by atoms with E-state index in [0.29, 0.717) is 11.1 Å². The highest BCUT2D eigenvalue weighted by Gasteiger charge is 2.47. The molecule has 0 bridgehead atoms. The summed E-state index contributed by atoms with van der Waals surface area (Å²) in [5, 5.41) is 49.7. The summed E-state index contributed by atoms with van der Waals surface area (Å²) in [7, 11) is 0. The van der Waals surface area contributed by atoms with Crippen LogP contribution in [0.1, 0.15) is 34.1 Å². The number of hydrogen-bond donors (Lipinski definition) is 5. The van der Waals surface area contributed by atoms with Crippen LogP contribution in [0, 0.1) is 5.41 Å². The second-order valence-corrected chi connectivity index (χ2v) is 8.48. The van der Waals surface area contributed by atoms with E-state index in [0.717, 1.165) is 6.08 Å². The molecule has 0 aromatic rings. The molecule has 1 heterocycles. The van der Waals surface area contributed by atoms with Crippen LogP contribution in [0.15, 0.2) is 35.5 Å². The predicted molar refractivity (Wildman–Crippen MR) is 105 cm³/mol. The van der Waals surface area contributed by atoms with Gasteiger partial charge in [-0.1, -0.05) is 19.9 Å². The van der Waals surface area contributed by atoms with Gasteiger partial charge in [-0.15, -0.1) is 0 Å². The molecule has 5 N–H and O–H groups in total. The number of hydrogen-bond acceptors (Lipinski definition) is 9. The number of rotatable bonds is 5.